The van der Waals surface area contributed by atoms with Gasteiger partial charge in [-0.1, -0.05) is 53.5 Å². The molecule has 0 fully saturated rings. The van der Waals surface area contributed by atoms with E-state index in [0.29, 0.717) is 37.6 Å². The molecule has 0 aliphatic heterocycles. The van der Waals surface area contributed by atoms with Crippen molar-refractivity contribution in [3.8, 4) is 11.8 Å². The molecule has 1 N–H and O–H groups in total. The van der Waals surface area contributed by atoms with Gasteiger partial charge < -0.3 is 10.1 Å². The summed E-state index contributed by atoms with van der Waals surface area (Å²) >= 11 is 13.3. The molecule has 3 aromatic carbocycles. The number of ether oxygens (including phenoxy) is 1. The highest BCUT2D eigenvalue weighted by atomic mass is 35.5. The van der Waals surface area contributed by atoms with Crippen molar-refractivity contribution in [3.63, 3.8) is 0 Å². The molecule has 158 valence electrons. The molecule has 0 saturated carbocycles. The minimum absolute atomic E-state index is 0.214. The molecule has 1 aromatic heterocycles. The number of carbonyl (C=O) groups excluding carboxylic acids is 1. The molecule has 5 nitrogen and oxygen atoms in total. The van der Waals surface area contributed by atoms with E-state index in [2.05, 4.69) is 16.4 Å². The number of allylic oxidation sites excluding steroid dienone is 1. The van der Waals surface area contributed by atoms with Crippen LogP contribution in [-0.2, 0) is 4.79 Å². The highest BCUT2D eigenvalue weighted by molar-refractivity contribution is 7.19. The number of carbonyl (C=O) groups is 1. The van der Waals surface area contributed by atoms with Crippen molar-refractivity contribution < 1.29 is 9.53 Å². The van der Waals surface area contributed by atoms with Gasteiger partial charge in [0, 0.05) is 11.3 Å². The number of para-hydroxylation sites is 2. The Bertz CT molecular complexity index is 1340. The number of nitrogens with zero attached hydrogens (tertiary/aromatic N) is 2. The molecule has 0 atom stereocenters. The summed E-state index contributed by atoms with van der Waals surface area (Å²) in [7, 11) is 0. The smallest absolute Gasteiger partial charge is 0.262 e. The van der Waals surface area contributed by atoms with Crippen LogP contribution in [0.25, 0.3) is 21.9 Å². The quantitative estimate of drug-likeness (QED) is 0.312. The van der Waals surface area contributed by atoms with E-state index < -0.39 is 0 Å². The van der Waals surface area contributed by atoms with Gasteiger partial charge in [-0.05, 0) is 42.5 Å². The van der Waals surface area contributed by atoms with Crippen LogP contribution in [0.2, 0.25) is 10.0 Å². The minimum atomic E-state index is -0.353. The largest absolute Gasteiger partial charge is 0.483 e. The monoisotopic (exact) mass is 479 g/mol. The Morgan fingerprint density at radius 2 is 1.88 bits per heavy atom. The van der Waals surface area contributed by atoms with Crippen molar-refractivity contribution in [2.45, 2.75) is 0 Å². The molecule has 0 unspecified atom stereocenters. The van der Waals surface area contributed by atoms with E-state index in [1.165, 1.54) is 11.3 Å². The zero-order valence-corrected chi connectivity index (χ0v) is 18.8. The van der Waals surface area contributed by atoms with Gasteiger partial charge in [-0.15, -0.1) is 11.3 Å². The fourth-order valence-corrected chi connectivity index (χ4v) is 4.16. The lowest BCUT2D eigenvalue weighted by molar-refractivity contribution is -0.118. The van der Waals surface area contributed by atoms with Crippen molar-refractivity contribution in [2.75, 3.05) is 11.9 Å². The number of nitriles is 1. The van der Waals surface area contributed by atoms with Gasteiger partial charge in [0.15, 0.2) is 6.61 Å². The van der Waals surface area contributed by atoms with Gasteiger partial charge >= 0.3 is 0 Å². The molecule has 0 aliphatic rings. The lowest BCUT2D eigenvalue weighted by atomic mass is 10.1. The molecule has 32 heavy (non-hydrogen) atoms. The number of nitrogens with one attached hydrogen (secondary N) is 1. The van der Waals surface area contributed by atoms with Crippen LogP contribution in [-0.4, -0.2) is 17.5 Å². The Morgan fingerprint density at radius 3 is 2.66 bits per heavy atom. The second-order valence-corrected chi connectivity index (χ2v) is 8.51. The Labute approximate surface area is 198 Å². The predicted molar refractivity (Wildman–Crippen MR) is 130 cm³/mol. The molecule has 4 rings (SSSR count). The average molecular weight is 480 g/mol. The molecule has 0 bridgehead atoms. The third kappa shape index (κ3) is 5.09. The van der Waals surface area contributed by atoms with Crippen LogP contribution in [0.3, 0.4) is 0 Å². The molecule has 0 aliphatic carbocycles. The van der Waals surface area contributed by atoms with Crippen LogP contribution in [0.4, 0.5) is 5.69 Å². The maximum absolute atomic E-state index is 12.3. The molecule has 8 heteroatoms. The Morgan fingerprint density at radius 1 is 1.09 bits per heavy atom. The van der Waals surface area contributed by atoms with Gasteiger partial charge in [-0.2, -0.15) is 5.26 Å². The number of amides is 1. The second-order valence-electron chi connectivity index (χ2n) is 6.66. The van der Waals surface area contributed by atoms with Crippen LogP contribution in [0.5, 0.6) is 5.75 Å². The van der Waals surface area contributed by atoms with Gasteiger partial charge in [-0.25, -0.2) is 4.98 Å². The van der Waals surface area contributed by atoms with Crippen molar-refractivity contribution in [1.29, 1.82) is 5.26 Å². The van der Waals surface area contributed by atoms with Crippen LogP contribution in [0.15, 0.2) is 66.7 Å². The number of benzene rings is 3. The molecule has 1 amide bonds. The number of hydrogen-bond acceptors (Lipinski definition) is 5. The van der Waals surface area contributed by atoms with E-state index in [-0.39, 0.29) is 12.5 Å². The third-order valence-electron chi connectivity index (χ3n) is 4.43. The van der Waals surface area contributed by atoms with Crippen LogP contribution >= 0.6 is 34.5 Å². The van der Waals surface area contributed by atoms with Gasteiger partial charge in [0.2, 0.25) is 0 Å². The van der Waals surface area contributed by atoms with E-state index in [4.69, 9.17) is 27.9 Å². The van der Waals surface area contributed by atoms with Crippen LogP contribution in [0.1, 0.15) is 10.6 Å². The van der Waals surface area contributed by atoms with E-state index in [1.54, 1.807) is 36.4 Å². The standard InChI is InChI=1S/C24H15Cl2N3O2S/c25-18-10-9-17(12-19(18)26)28-23(30)14-31-21-7-3-1-5-15(21)11-16(13-27)24-29-20-6-2-4-8-22(20)32-24/h1-12H,14H2,(H,28,30). The summed E-state index contributed by atoms with van der Waals surface area (Å²) in [5, 5.41) is 13.8. The Kier molecular flexibility index (Phi) is 6.72. The number of anilines is 1. The maximum atomic E-state index is 12.3. The maximum Gasteiger partial charge on any atom is 0.262 e. The van der Waals surface area contributed by atoms with Crippen molar-refractivity contribution in [2.24, 2.45) is 0 Å². The van der Waals surface area contributed by atoms with Gasteiger partial charge in [0.05, 0.1) is 25.8 Å². The number of rotatable bonds is 6. The van der Waals surface area contributed by atoms with E-state index in [0.717, 1.165) is 10.2 Å². The summed E-state index contributed by atoms with van der Waals surface area (Å²) in [6, 6.07) is 22.0. The first-order chi connectivity index (χ1) is 15.5. The summed E-state index contributed by atoms with van der Waals surface area (Å²) < 4.78 is 6.73. The number of hydrogen-bond donors (Lipinski definition) is 1. The van der Waals surface area contributed by atoms with Gasteiger partial charge in [-0.3, -0.25) is 4.79 Å². The number of aromatic nitrogens is 1. The number of halogens is 2. The van der Waals surface area contributed by atoms with Crippen molar-refractivity contribution in [3.05, 3.63) is 87.3 Å². The second kappa shape index (κ2) is 9.84. The van der Waals surface area contributed by atoms with Gasteiger partial charge in [0.1, 0.15) is 16.8 Å². The highest BCUT2D eigenvalue weighted by Gasteiger charge is 2.11. The van der Waals surface area contributed by atoms with E-state index >= 15 is 0 Å². The summed E-state index contributed by atoms with van der Waals surface area (Å²) in [6.45, 7) is -0.214. The molecule has 1 heterocycles. The normalized spacial score (nSPS) is 11.2. The zero-order valence-electron chi connectivity index (χ0n) is 16.5. The molecule has 0 spiro atoms. The minimum Gasteiger partial charge on any atom is -0.483 e. The van der Waals surface area contributed by atoms with E-state index in [9.17, 15) is 10.1 Å². The number of fused-ring (bicyclic) bond motifs is 1. The SMILES string of the molecule is N#CC(=Cc1ccccc1OCC(=O)Nc1ccc(Cl)c(Cl)c1)c1nc2ccccc2s1. The number of thiazole rings is 1. The third-order valence-corrected chi connectivity index (χ3v) is 6.23. The summed E-state index contributed by atoms with van der Waals surface area (Å²) in [6.07, 6.45) is 1.71. The zero-order chi connectivity index (χ0) is 22.5. The summed E-state index contributed by atoms with van der Waals surface area (Å²) in [4.78, 5) is 16.9. The molecular weight excluding hydrogens is 465 g/mol. The summed E-state index contributed by atoms with van der Waals surface area (Å²) in [5.41, 5.74) is 2.45. The van der Waals surface area contributed by atoms with Crippen LogP contribution < -0.4 is 10.1 Å². The molecule has 0 saturated heterocycles. The lowest BCUT2D eigenvalue weighted by Gasteiger charge is -2.10. The molecule has 0 radical (unpaired) electrons. The molecular formula is C24H15Cl2N3O2S. The Hall–Kier alpha value is -3.37. The van der Waals surface area contributed by atoms with E-state index in [1.807, 2.05) is 36.4 Å². The summed E-state index contributed by atoms with van der Waals surface area (Å²) in [5.74, 6) is 0.125. The van der Waals surface area contributed by atoms with Crippen LogP contribution in [0, 0.1) is 11.3 Å². The average Bonchev–Trinajstić information content (AvgIpc) is 3.23. The predicted octanol–water partition coefficient (Wildman–Crippen LogP) is 6.68. The fraction of sp³-hybridized carbons (Fsp3) is 0.0417. The lowest BCUT2D eigenvalue weighted by Crippen LogP contribution is -2.20. The first-order valence-corrected chi connectivity index (χ1v) is 11.1. The Balaban J connectivity index is 1.51. The van der Waals surface area contributed by atoms with Crippen molar-refractivity contribution >= 4 is 68.0 Å². The topological polar surface area (TPSA) is 75.0 Å². The first-order valence-electron chi connectivity index (χ1n) is 9.48. The highest BCUT2D eigenvalue weighted by Crippen LogP contribution is 2.30. The first kappa shape index (κ1) is 21.8. The molecule has 4 aromatic rings. The van der Waals surface area contributed by atoms with Gasteiger partial charge in [0.25, 0.3) is 5.91 Å². The fourth-order valence-electron chi connectivity index (χ4n) is 2.93. The van der Waals surface area contributed by atoms with Crippen molar-refractivity contribution in [1.82, 2.24) is 4.98 Å².